The van der Waals surface area contributed by atoms with Gasteiger partial charge < -0.3 is 21.4 Å². The largest absolute Gasteiger partial charge is 0.369 e. The Hall–Kier alpha value is -2.51. The molecule has 6 N–H and O–H groups in total. The molecule has 0 aromatic carbocycles. The van der Waals surface area contributed by atoms with Gasteiger partial charge in [0.05, 0.1) is 6.33 Å². The van der Waals surface area contributed by atoms with Crippen molar-refractivity contribution in [2.24, 2.45) is 0 Å². The van der Waals surface area contributed by atoms with E-state index in [1.807, 2.05) is 0 Å². The third-order valence-electron chi connectivity index (χ3n) is 2.06. The summed E-state index contributed by atoms with van der Waals surface area (Å²) >= 11 is 0. The molecule has 1 aliphatic heterocycles. The van der Waals surface area contributed by atoms with E-state index in [-0.39, 0.29) is 11.5 Å². The molecular weight excluding hydrogens is 198 g/mol. The lowest BCUT2D eigenvalue weighted by atomic mass is 10.3. The van der Waals surface area contributed by atoms with Crippen LogP contribution in [0.2, 0.25) is 0 Å². The lowest BCUT2D eigenvalue weighted by Gasteiger charge is -2.16. The number of aromatic nitrogens is 4. The number of nitrogen functional groups attached to an aromatic ring is 1. The molecule has 1 aliphatic rings. The maximum atomic E-state index is 11.5. The first kappa shape index (κ1) is 7.85. The molecule has 0 aliphatic carbocycles. The Labute approximate surface area is 83.0 Å². The van der Waals surface area contributed by atoms with Gasteiger partial charge in [0.1, 0.15) is 5.69 Å². The number of imidazole rings is 1. The van der Waals surface area contributed by atoms with E-state index in [0.29, 0.717) is 23.1 Å². The van der Waals surface area contributed by atoms with Gasteiger partial charge in [-0.15, -0.1) is 0 Å². The van der Waals surface area contributed by atoms with Crippen molar-refractivity contribution < 1.29 is 0 Å². The number of hydrogen-bond donors (Lipinski definition) is 5. The SMILES string of the molecule is Nc1nc2c(c(=O)[nH]1)Nc1[nH]cnc1N2. The van der Waals surface area contributed by atoms with E-state index in [9.17, 15) is 4.79 Å². The molecule has 8 nitrogen and oxygen atoms in total. The normalized spacial score (nSPS) is 12.3. The molecule has 3 rings (SSSR count). The topological polar surface area (TPSA) is 125 Å². The predicted octanol–water partition coefficient (Wildman–Crippen LogP) is -0.124. The van der Waals surface area contributed by atoms with Gasteiger partial charge in [0, 0.05) is 0 Å². The monoisotopic (exact) mass is 205 g/mol. The number of anilines is 5. The number of aromatic amines is 2. The Balaban J connectivity index is 2.21. The van der Waals surface area contributed by atoms with Crippen molar-refractivity contribution in [2.75, 3.05) is 16.4 Å². The molecule has 0 atom stereocenters. The second kappa shape index (κ2) is 2.50. The highest BCUT2D eigenvalue weighted by Crippen LogP contribution is 2.31. The lowest BCUT2D eigenvalue weighted by Crippen LogP contribution is -2.20. The smallest absolute Gasteiger partial charge is 0.278 e. The minimum atomic E-state index is -0.328. The van der Waals surface area contributed by atoms with Gasteiger partial charge in [0.15, 0.2) is 17.5 Å². The summed E-state index contributed by atoms with van der Waals surface area (Å²) < 4.78 is 0. The maximum Gasteiger partial charge on any atom is 0.278 e. The van der Waals surface area contributed by atoms with Crippen LogP contribution >= 0.6 is 0 Å². The van der Waals surface area contributed by atoms with Crippen LogP contribution < -0.4 is 21.9 Å². The van der Waals surface area contributed by atoms with Gasteiger partial charge in [-0.05, 0) is 0 Å². The van der Waals surface area contributed by atoms with E-state index in [2.05, 4.69) is 30.6 Å². The molecule has 15 heavy (non-hydrogen) atoms. The molecular formula is C7H7N7O. The van der Waals surface area contributed by atoms with Gasteiger partial charge in [-0.3, -0.25) is 9.78 Å². The van der Waals surface area contributed by atoms with Crippen LogP contribution in [-0.2, 0) is 0 Å². The first-order chi connectivity index (χ1) is 7.24. The summed E-state index contributed by atoms with van der Waals surface area (Å²) in [5.41, 5.74) is 5.41. The first-order valence-electron chi connectivity index (χ1n) is 4.21. The van der Waals surface area contributed by atoms with Crippen molar-refractivity contribution in [2.45, 2.75) is 0 Å². The van der Waals surface area contributed by atoms with Crippen molar-refractivity contribution in [3.8, 4) is 0 Å². The number of nitrogens with one attached hydrogen (secondary N) is 4. The zero-order chi connectivity index (χ0) is 10.4. The van der Waals surface area contributed by atoms with E-state index in [1.165, 1.54) is 6.33 Å². The van der Waals surface area contributed by atoms with Gasteiger partial charge >= 0.3 is 0 Å². The molecule has 0 spiro atoms. The van der Waals surface area contributed by atoms with Crippen molar-refractivity contribution >= 4 is 29.1 Å². The lowest BCUT2D eigenvalue weighted by molar-refractivity contribution is 1.12. The summed E-state index contributed by atoms with van der Waals surface area (Å²) in [6.45, 7) is 0. The fraction of sp³-hybridized carbons (Fsp3) is 0. The summed E-state index contributed by atoms with van der Waals surface area (Å²) in [5.74, 6) is 1.64. The van der Waals surface area contributed by atoms with Crippen LogP contribution in [0.3, 0.4) is 0 Å². The van der Waals surface area contributed by atoms with Crippen LogP contribution in [0.1, 0.15) is 0 Å². The molecule has 2 aromatic heterocycles. The van der Waals surface area contributed by atoms with Crippen LogP contribution in [0.5, 0.6) is 0 Å². The van der Waals surface area contributed by atoms with E-state index < -0.39 is 0 Å². The van der Waals surface area contributed by atoms with Crippen molar-refractivity contribution in [3.63, 3.8) is 0 Å². The Bertz CT molecular complexity index is 583. The van der Waals surface area contributed by atoms with E-state index in [1.54, 1.807) is 0 Å². The van der Waals surface area contributed by atoms with Crippen LogP contribution in [0.25, 0.3) is 0 Å². The fourth-order valence-electron chi connectivity index (χ4n) is 1.42. The first-order valence-corrected chi connectivity index (χ1v) is 4.21. The van der Waals surface area contributed by atoms with E-state index >= 15 is 0 Å². The standard InChI is InChI=1S/C7H7N7O/c8-7-13-3-2(6(15)14-7)11-4-5(12-3)10-1-9-4/h1,11H,(H,9,10)(H4,8,12,13,14,15). The molecule has 0 bridgehead atoms. The second-order valence-corrected chi connectivity index (χ2v) is 3.05. The van der Waals surface area contributed by atoms with E-state index in [0.717, 1.165) is 0 Å². The number of hydrogen-bond acceptors (Lipinski definition) is 6. The molecule has 8 heteroatoms. The third kappa shape index (κ3) is 1.04. The Morgan fingerprint density at radius 2 is 2.13 bits per heavy atom. The average Bonchev–Trinajstić information content (AvgIpc) is 2.61. The molecule has 3 heterocycles. The molecule has 0 amide bonds. The average molecular weight is 205 g/mol. The number of rotatable bonds is 0. The van der Waals surface area contributed by atoms with Gasteiger partial charge in [0.2, 0.25) is 5.95 Å². The van der Waals surface area contributed by atoms with Crippen molar-refractivity contribution in [1.82, 2.24) is 19.9 Å². The zero-order valence-corrected chi connectivity index (χ0v) is 7.46. The summed E-state index contributed by atoms with van der Waals surface area (Å²) in [5, 5.41) is 5.76. The summed E-state index contributed by atoms with van der Waals surface area (Å²) in [6.07, 6.45) is 1.51. The molecule has 0 fully saturated rings. The quantitative estimate of drug-likeness (QED) is 0.348. The van der Waals surface area contributed by atoms with Crippen molar-refractivity contribution in [1.29, 1.82) is 0 Å². The number of fused-ring (bicyclic) bond motifs is 2. The Morgan fingerprint density at radius 3 is 3.00 bits per heavy atom. The van der Waals surface area contributed by atoms with Crippen LogP contribution in [0, 0.1) is 0 Å². The van der Waals surface area contributed by atoms with E-state index in [4.69, 9.17) is 5.73 Å². The predicted molar refractivity (Wildman–Crippen MR) is 54.4 cm³/mol. The maximum absolute atomic E-state index is 11.5. The van der Waals surface area contributed by atoms with Crippen LogP contribution in [0.4, 0.5) is 29.1 Å². The highest BCUT2D eigenvalue weighted by Gasteiger charge is 2.20. The summed E-state index contributed by atoms with van der Waals surface area (Å²) in [4.78, 5) is 24.7. The van der Waals surface area contributed by atoms with Gasteiger partial charge in [0.25, 0.3) is 5.56 Å². The number of H-pyrrole nitrogens is 2. The fourth-order valence-corrected chi connectivity index (χ4v) is 1.42. The number of nitrogens with zero attached hydrogens (tertiary/aromatic N) is 2. The van der Waals surface area contributed by atoms with Gasteiger partial charge in [-0.25, -0.2) is 4.98 Å². The summed E-state index contributed by atoms with van der Waals surface area (Å²) in [7, 11) is 0. The van der Waals surface area contributed by atoms with Gasteiger partial charge in [-0.2, -0.15) is 4.98 Å². The molecule has 0 saturated heterocycles. The molecule has 0 unspecified atom stereocenters. The second-order valence-electron chi connectivity index (χ2n) is 3.05. The Morgan fingerprint density at radius 1 is 1.27 bits per heavy atom. The molecule has 0 saturated carbocycles. The van der Waals surface area contributed by atoms with Crippen molar-refractivity contribution in [3.05, 3.63) is 16.7 Å². The van der Waals surface area contributed by atoms with Crippen LogP contribution in [0.15, 0.2) is 11.1 Å². The zero-order valence-electron chi connectivity index (χ0n) is 7.46. The highest BCUT2D eigenvalue weighted by atomic mass is 16.1. The molecule has 0 radical (unpaired) electrons. The van der Waals surface area contributed by atoms with Gasteiger partial charge in [-0.1, -0.05) is 0 Å². The third-order valence-corrected chi connectivity index (χ3v) is 2.06. The number of nitrogens with two attached hydrogens (primary N) is 1. The Kier molecular flexibility index (Phi) is 1.31. The highest BCUT2D eigenvalue weighted by molar-refractivity contribution is 5.84. The van der Waals surface area contributed by atoms with Crippen LogP contribution in [-0.4, -0.2) is 19.9 Å². The summed E-state index contributed by atoms with van der Waals surface area (Å²) in [6, 6.07) is 0. The minimum absolute atomic E-state index is 0.0621. The minimum Gasteiger partial charge on any atom is -0.369 e. The molecule has 2 aromatic rings. The molecule has 76 valence electrons.